The number of pyridine rings is 1. The molecule has 0 radical (unpaired) electrons. The molecule has 0 unspecified atom stereocenters. The molecule has 0 atom stereocenters. The molecule has 94 valence electrons. The molecule has 1 aromatic carbocycles. The van der Waals surface area contributed by atoms with Crippen LogP contribution in [0.15, 0.2) is 47.2 Å². The number of rotatable bonds is 5. The van der Waals surface area contributed by atoms with Gasteiger partial charge in [0, 0.05) is 22.4 Å². The predicted octanol–water partition coefficient (Wildman–Crippen LogP) is 4.38. The first-order chi connectivity index (χ1) is 8.78. The lowest BCUT2D eigenvalue weighted by Crippen LogP contribution is -1.96. The molecule has 2 aromatic rings. The monoisotopic (exact) mass is 305 g/mol. The second-order valence-corrected chi connectivity index (χ2v) is 5.11. The first kappa shape index (κ1) is 13.1. The van der Waals surface area contributed by atoms with E-state index in [1.807, 2.05) is 24.4 Å². The van der Waals surface area contributed by atoms with Gasteiger partial charge in [0.05, 0.1) is 0 Å². The summed E-state index contributed by atoms with van der Waals surface area (Å²) in [6.45, 7) is 2.73. The molecule has 0 amide bonds. The predicted molar refractivity (Wildman–Crippen MR) is 76.7 cm³/mol. The van der Waals surface area contributed by atoms with Crippen LogP contribution in [0.25, 0.3) is 0 Å². The summed E-state index contributed by atoms with van der Waals surface area (Å²) >= 11 is 3.40. The number of aromatic nitrogens is 1. The van der Waals surface area contributed by atoms with Gasteiger partial charge >= 0.3 is 0 Å². The third kappa shape index (κ3) is 3.84. The van der Waals surface area contributed by atoms with E-state index in [9.17, 15) is 0 Å². The maximum Gasteiger partial charge on any atom is 0.119 e. The SMILES string of the molecule is CCCc1ccc(OCc2cncc(Br)c2)cc1. The van der Waals surface area contributed by atoms with Gasteiger partial charge in [-0.15, -0.1) is 0 Å². The summed E-state index contributed by atoms with van der Waals surface area (Å²) < 4.78 is 6.69. The Morgan fingerprint density at radius 3 is 2.56 bits per heavy atom. The second-order valence-electron chi connectivity index (χ2n) is 4.19. The summed E-state index contributed by atoms with van der Waals surface area (Å²) in [7, 11) is 0. The highest BCUT2D eigenvalue weighted by Crippen LogP contribution is 2.16. The van der Waals surface area contributed by atoms with Crippen LogP contribution in [0.5, 0.6) is 5.75 Å². The molecule has 0 aliphatic rings. The van der Waals surface area contributed by atoms with Crippen molar-refractivity contribution in [3.63, 3.8) is 0 Å². The highest BCUT2D eigenvalue weighted by atomic mass is 79.9. The number of hydrogen-bond acceptors (Lipinski definition) is 2. The average molecular weight is 306 g/mol. The summed E-state index contributed by atoms with van der Waals surface area (Å²) in [5.41, 5.74) is 2.41. The Hall–Kier alpha value is -1.35. The molecule has 0 aliphatic carbocycles. The number of benzene rings is 1. The highest BCUT2D eigenvalue weighted by molar-refractivity contribution is 9.10. The molecule has 0 bridgehead atoms. The van der Waals surface area contributed by atoms with Gasteiger partial charge < -0.3 is 4.74 Å². The van der Waals surface area contributed by atoms with Crippen LogP contribution in [0, 0.1) is 0 Å². The van der Waals surface area contributed by atoms with Gasteiger partial charge in [-0.2, -0.15) is 0 Å². The van der Waals surface area contributed by atoms with Crippen molar-refractivity contribution in [2.45, 2.75) is 26.4 Å². The lowest BCUT2D eigenvalue weighted by atomic mass is 10.1. The first-order valence-electron chi connectivity index (χ1n) is 6.09. The van der Waals surface area contributed by atoms with Crippen molar-refractivity contribution in [1.29, 1.82) is 0 Å². The third-order valence-corrected chi connectivity index (χ3v) is 3.06. The van der Waals surface area contributed by atoms with Crippen molar-refractivity contribution in [2.75, 3.05) is 0 Å². The Morgan fingerprint density at radius 2 is 1.89 bits per heavy atom. The van der Waals surface area contributed by atoms with E-state index in [1.54, 1.807) is 6.20 Å². The summed E-state index contributed by atoms with van der Waals surface area (Å²) in [6.07, 6.45) is 5.87. The standard InChI is InChI=1S/C15H16BrNO/c1-2-3-12-4-6-15(7-5-12)18-11-13-8-14(16)10-17-9-13/h4-10H,2-3,11H2,1H3. The van der Waals surface area contributed by atoms with Crippen molar-refractivity contribution in [3.05, 3.63) is 58.3 Å². The summed E-state index contributed by atoms with van der Waals surface area (Å²) in [6, 6.07) is 10.3. The summed E-state index contributed by atoms with van der Waals surface area (Å²) in [5, 5.41) is 0. The van der Waals surface area contributed by atoms with E-state index in [2.05, 4.69) is 40.0 Å². The Labute approximate surface area is 116 Å². The molecular formula is C15H16BrNO. The molecule has 0 N–H and O–H groups in total. The number of halogens is 1. The van der Waals surface area contributed by atoms with Gasteiger partial charge in [0.25, 0.3) is 0 Å². The highest BCUT2D eigenvalue weighted by Gasteiger charge is 1.98. The van der Waals surface area contributed by atoms with E-state index in [4.69, 9.17) is 4.74 Å². The normalized spacial score (nSPS) is 10.3. The summed E-state index contributed by atoms with van der Waals surface area (Å²) in [5.74, 6) is 0.898. The molecule has 0 saturated heterocycles. The van der Waals surface area contributed by atoms with Crippen LogP contribution >= 0.6 is 15.9 Å². The smallest absolute Gasteiger partial charge is 0.119 e. The zero-order chi connectivity index (χ0) is 12.8. The number of hydrogen-bond donors (Lipinski definition) is 0. The number of nitrogens with zero attached hydrogens (tertiary/aromatic N) is 1. The van der Waals surface area contributed by atoms with Gasteiger partial charge in [-0.25, -0.2) is 0 Å². The van der Waals surface area contributed by atoms with E-state index >= 15 is 0 Å². The zero-order valence-corrected chi connectivity index (χ0v) is 12.0. The lowest BCUT2D eigenvalue weighted by Gasteiger charge is -2.07. The van der Waals surface area contributed by atoms with Gasteiger partial charge in [0.2, 0.25) is 0 Å². The maximum atomic E-state index is 5.72. The van der Waals surface area contributed by atoms with Crippen LogP contribution < -0.4 is 4.74 Å². The number of aryl methyl sites for hydroxylation is 1. The van der Waals surface area contributed by atoms with Crippen LogP contribution in [0.3, 0.4) is 0 Å². The quantitative estimate of drug-likeness (QED) is 0.818. The Balaban J connectivity index is 1.93. The minimum absolute atomic E-state index is 0.541. The van der Waals surface area contributed by atoms with Crippen LogP contribution in [-0.2, 0) is 13.0 Å². The number of ether oxygens (including phenoxy) is 1. The second kappa shape index (κ2) is 6.55. The van der Waals surface area contributed by atoms with E-state index in [0.29, 0.717) is 6.61 Å². The Bertz CT molecular complexity index is 496. The van der Waals surface area contributed by atoms with Gasteiger partial charge in [0.1, 0.15) is 12.4 Å². The minimum atomic E-state index is 0.541. The molecular weight excluding hydrogens is 290 g/mol. The van der Waals surface area contributed by atoms with Crippen molar-refractivity contribution in [2.24, 2.45) is 0 Å². The summed E-state index contributed by atoms with van der Waals surface area (Å²) in [4.78, 5) is 4.11. The molecule has 1 aromatic heterocycles. The van der Waals surface area contributed by atoms with Crippen LogP contribution in [0.4, 0.5) is 0 Å². The molecule has 3 heteroatoms. The van der Waals surface area contributed by atoms with Crippen molar-refractivity contribution >= 4 is 15.9 Å². The topological polar surface area (TPSA) is 22.1 Å². The molecule has 1 heterocycles. The van der Waals surface area contributed by atoms with E-state index < -0.39 is 0 Å². The van der Waals surface area contributed by atoms with Crippen molar-refractivity contribution in [1.82, 2.24) is 4.98 Å². The van der Waals surface area contributed by atoms with E-state index in [0.717, 1.165) is 22.2 Å². The largest absolute Gasteiger partial charge is 0.489 e. The third-order valence-electron chi connectivity index (χ3n) is 2.63. The fraction of sp³-hybridized carbons (Fsp3) is 0.267. The van der Waals surface area contributed by atoms with Crippen molar-refractivity contribution in [3.8, 4) is 5.75 Å². The molecule has 18 heavy (non-hydrogen) atoms. The first-order valence-corrected chi connectivity index (χ1v) is 6.88. The fourth-order valence-electron chi connectivity index (χ4n) is 1.74. The van der Waals surface area contributed by atoms with Gasteiger partial charge in [-0.1, -0.05) is 25.5 Å². The Morgan fingerprint density at radius 1 is 1.11 bits per heavy atom. The van der Waals surface area contributed by atoms with Gasteiger partial charge in [0.15, 0.2) is 0 Å². The molecule has 0 fully saturated rings. The molecule has 0 aliphatic heterocycles. The van der Waals surface area contributed by atoms with Gasteiger partial charge in [-0.05, 0) is 46.1 Å². The van der Waals surface area contributed by atoms with Crippen molar-refractivity contribution < 1.29 is 4.74 Å². The Kier molecular flexibility index (Phi) is 4.76. The van der Waals surface area contributed by atoms with Crippen LogP contribution in [0.2, 0.25) is 0 Å². The van der Waals surface area contributed by atoms with E-state index in [-0.39, 0.29) is 0 Å². The fourth-order valence-corrected chi connectivity index (χ4v) is 2.15. The molecule has 2 rings (SSSR count). The lowest BCUT2D eigenvalue weighted by molar-refractivity contribution is 0.305. The van der Waals surface area contributed by atoms with Gasteiger partial charge in [-0.3, -0.25) is 4.98 Å². The maximum absolute atomic E-state index is 5.72. The molecule has 0 saturated carbocycles. The van der Waals surface area contributed by atoms with Crippen LogP contribution in [-0.4, -0.2) is 4.98 Å². The van der Waals surface area contributed by atoms with E-state index in [1.165, 1.54) is 12.0 Å². The zero-order valence-electron chi connectivity index (χ0n) is 10.4. The van der Waals surface area contributed by atoms with Crippen LogP contribution in [0.1, 0.15) is 24.5 Å². The molecule has 0 spiro atoms. The molecule has 2 nitrogen and oxygen atoms in total. The minimum Gasteiger partial charge on any atom is -0.489 e. The average Bonchev–Trinajstić information content (AvgIpc) is 2.38.